The van der Waals surface area contributed by atoms with E-state index in [-0.39, 0.29) is 16.6 Å². The smallest absolute Gasteiger partial charge is 0.348 e. The van der Waals surface area contributed by atoms with Crippen molar-refractivity contribution < 1.29 is 23.5 Å². The van der Waals surface area contributed by atoms with Crippen LogP contribution >= 0.6 is 11.3 Å². The van der Waals surface area contributed by atoms with Crippen molar-refractivity contribution in [1.82, 2.24) is 5.32 Å². The fourth-order valence-corrected chi connectivity index (χ4v) is 3.42. The summed E-state index contributed by atoms with van der Waals surface area (Å²) in [6.45, 7) is 1.40. The van der Waals surface area contributed by atoms with Crippen LogP contribution < -0.4 is 5.32 Å². The molecule has 1 aromatic heterocycles. The van der Waals surface area contributed by atoms with Gasteiger partial charge < -0.3 is 10.1 Å². The van der Waals surface area contributed by atoms with Crippen molar-refractivity contribution in [3.63, 3.8) is 0 Å². The summed E-state index contributed by atoms with van der Waals surface area (Å²) >= 11 is 1.12. The molecule has 138 valence electrons. The lowest BCUT2D eigenvalue weighted by Gasteiger charge is -2.05. The van der Waals surface area contributed by atoms with Gasteiger partial charge in [-0.1, -0.05) is 30.3 Å². The third-order valence-corrected chi connectivity index (χ3v) is 4.94. The number of rotatable bonds is 6. The highest BCUT2D eigenvalue weighted by Gasteiger charge is 2.16. The number of hydrogen-bond acceptors (Lipinski definition) is 5. The number of thiophene rings is 1. The molecule has 0 spiro atoms. The zero-order valence-corrected chi connectivity index (χ0v) is 15.3. The highest BCUT2D eigenvalue weighted by Crippen LogP contribution is 2.28. The molecule has 2 aromatic carbocycles. The molecule has 0 saturated carbocycles. The molecule has 0 radical (unpaired) electrons. The van der Waals surface area contributed by atoms with Crippen LogP contribution in [0.15, 0.2) is 48.5 Å². The Labute approximate surface area is 158 Å². The normalized spacial score (nSPS) is 10.6. The summed E-state index contributed by atoms with van der Waals surface area (Å²) in [5, 5.41) is 3.02. The second-order valence-electron chi connectivity index (χ2n) is 5.87. The molecule has 0 aliphatic heterocycles. The lowest BCUT2D eigenvalue weighted by molar-refractivity contribution is -0.119. The summed E-state index contributed by atoms with van der Waals surface area (Å²) in [5.41, 5.74) is 1.25. The van der Waals surface area contributed by atoms with E-state index in [9.17, 15) is 18.8 Å². The van der Waals surface area contributed by atoms with Crippen molar-refractivity contribution >= 4 is 39.1 Å². The number of fused-ring (bicyclic) bond motifs is 1. The molecule has 0 aliphatic carbocycles. The zero-order chi connectivity index (χ0) is 19.4. The molecule has 0 saturated heterocycles. The van der Waals surface area contributed by atoms with E-state index in [1.165, 1.54) is 19.1 Å². The van der Waals surface area contributed by atoms with Crippen LogP contribution in [0.5, 0.6) is 0 Å². The first kappa shape index (κ1) is 18.7. The van der Waals surface area contributed by atoms with E-state index in [2.05, 4.69) is 5.32 Å². The molecule has 3 aromatic rings. The van der Waals surface area contributed by atoms with Crippen LogP contribution in [0.1, 0.15) is 32.5 Å². The van der Waals surface area contributed by atoms with Gasteiger partial charge in [-0.05, 0) is 23.8 Å². The Kier molecular flexibility index (Phi) is 5.61. The summed E-state index contributed by atoms with van der Waals surface area (Å²) in [5.74, 6) is -1.55. The van der Waals surface area contributed by atoms with Gasteiger partial charge in [0.25, 0.3) is 0 Å². The van der Waals surface area contributed by atoms with Crippen molar-refractivity contribution in [2.24, 2.45) is 0 Å². The number of carbonyl (C=O) groups excluding carboxylic acids is 3. The van der Waals surface area contributed by atoms with E-state index in [4.69, 9.17) is 4.74 Å². The molecule has 27 heavy (non-hydrogen) atoms. The zero-order valence-electron chi connectivity index (χ0n) is 14.5. The van der Waals surface area contributed by atoms with Crippen molar-refractivity contribution in [3.05, 3.63) is 70.4 Å². The van der Waals surface area contributed by atoms with Crippen LogP contribution in [-0.4, -0.2) is 24.3 Å². The third kappa shape index (κ3) is 4.57. The van der Waals surface area contributed by atoms with Gasteiger partial charge in [0.2, 0.25) is 5.91 Å². The number of ketones is 1. The number of halogens is 1. The molecule has 3 rings (SSSR count). The van der Waals surface area contributed by atoms with Crippen molar-refractivity contribution in [3.8, 4) is 0 Å². The quantitative estimate of drug-likeness (QED) is 0.519. The molecule has 0 aliphatic rings. The average molecular weight is 385 g/mol. The lowest BCUT2D eigenvalue weighted by Crippen LogP contribution is -2.19. The largest absolute Gasteiger partial charge is 0.453 e. The van der Waals surface area contributed by atoms with Gasteiger partial charge in [0.1, 0.15) is 10.7 Å². The highest BCUT2D eigenvalue weighted by atomic mass is 32.1. The van der Waals surface area contributed by atoms with Crippen molar-refractivity contribution in [2.75, 3.05) is 6.61 Å². The molecule has 0 fully saturated rings. The molecule has 0 atom stereocenters. The number of esters is 1. The van der Waals surface area contributed by atoms with Gasteiger partial charge in [0.15, 0.2) is 12.4 Å². The second-order valence-corrected chi connectivity index (χ2v) is 6.95. The molecular formula is C20H16FNO4S. The number of amides is 1. The van der Waals surface area contributed by atoms with E-state index in [0.29, 0.717) is 22.2 Å². The number of Topliss-reactive ketones (excluding diaryl/α,β-unsaturated/α-hetero) is 1. The number of nitrogens with one attached hydrogen (secondary N) is 1. The second kappa shape index (κ2) is 8.09. The highest BCUT2D eigenvalue weighted by molar-refractivity contribution is 7.20. The fourth-order valence-electron chi connectivity index (χ4n) is 2.45. The van der Waals surface area contributed by atoms with Gasteiger partial charge in [0, 0.05) is 29.1 Å². The van der Waals surface area contributed by atoms with Crippen LogP contribution in [0.4, 0.5) is 4.39 Å². The van der Waals surface area contributed by atoms with E-state index < -0.39 is 18.4 Å². The number of carbonyl (C=O) groups is 3. The molecule has 1 N–H and O–H groups in total. The third-order valence-electron chi connectivity index (χ3n) is 3.86. The predicted octanol–water partition coefficient (Wildman–Crippen LogP) is 3.72. The first-order valence-corrected chi connectivity index (χ1v) is 8.97. The van der Waals surface area contributed by atoms with Gasteiger partial charge in [0.05, 0.1) is 0 Å². The molecular weight excluding hydrogens is 369 g/mol. The number of benzene rings is 2. The predicted molar refractivity (Wildman–Crippen MR) is 100 cm³/mol. The average Bonchev–Trinajstić information content (AvgIpc) is 3.10. The maximum Gasteiger partial charge on any atom is 0.348 e. The molecule has 1 amide bonds. The van der Waals surface area contributed by atoms with Crippen LogP contribution in [-0.2, 0) is 16.1 Å². The summed E-state index contributed by atoms with van der Waals surface area (Å²) < 4.78 is 19.4. The topological polar surface area (TPSA) is 72.5 Å². The van der Waals surface area contributed by atoms with E-state index in [1.807, 2.05) is 0 Å². The Balaban J connectivity index is 1.60. The van der Waals surface area contributed by atoms with Crippen LogP contribution in [0.3, 0.4) is 0 Å². The SMILES string of the molecule is CC(=O)NCc1ccc(C(=O)COC(=O)c2cc3c(F)cccc3s2)cc1. The van der Waals surface area contributed by atoms with Crippen LogP contribution in [0.25, 0.3) is 10.1 Å². The standard InChI is InChI=1S/C20H16FNO4S/c1-12(23)22-10-13-5-7-14(8-6-13)17(24)11-26-20(25)19-9-15-16(21)3-2-4-18(15)27-19/h2-9H,10-11H2,1H3,(H,22,23). The van der Waals surface area contributed by atoms with Crippen molar-refractivity contribution in [2.45, 2.75) is 13.5 Å². The Bertz CT molecular complexity index is 1010. The van der Waals surface area contributed by atoms with Crippen molar-refractivity contribution in [1.29, 1.82) is 0 Å². The maximum absolute atomic E-state index is 13.7. The maximum atomic E-state index is 13.7. The molecule has 1 heterocycles. The van der Waals surface area contributed by atoms with Gasteiger partial charge in [-0.3, -0.25) is 9.59 Å². The first-order chi connectivity index (χ1) is 12.9. The van der Waals surface area contributed by atoms with Gasteiger partial charge in [-0.15, -0.1) is 11.3 Å². The van der Waals surface area contributed by atoms with E-state index >= 15 is 0 Å². The first-order valence-electron chi connectivity index (χ1n) is 8.16. The number of ether oxygens (including phenoxy) is 1. The monoisotopic (exact) mass is 385 g/mol. The lowest BCUT2D eigenvalue weighted by atomic mass is 10.1. The van der Waals surface area contributed by atoms with Gasteiger partial charge in [-0.2, -0.15) is 0 Å². The minimum Gasteiger partial charge on any atom is -0.453 e. The number of hydrogen-bond donors (Lipinski definition) is 1. The molecule has 5 nitrogen and oxygen atoms in total. The minimum atomic E-state index is -0.661. The molecule has 0 bridgehead atoms. The van der Waals surface area contributed by atoms with Crippen LogP contribution in [0.2, 0.25) is 0 Å². The summed E-state index contributed by atoms with van der Waals surface area (Å²) in [6.07, 6.45) is 0. The van der Waals surface area contributed by atoms with Gasteiger partial charge in [-0.25, -0.2) is 9.18 Å². The fraction of sp³-hybridized carbons (Fsp3) is 0.150. The summed E-state index contributed by atoms with van der Waals surface area (Å²) in [7, 11) is 0. The minimum absolute atomic E-state index is 0.136. The van der Waals surface area contributed by atoms with E-state index in [1.54, 1.807) is 36.4 Å². The Hall–Kier alpha value is -3.06. The summed E-state index contributed by atoms with van der Waals surface area (Å²) in [6, 6.07) is 12.7. The molecule has 0 unspecified atom stereocenters. The Morgan fingerprint density at radius 3 is 2.52 bits per heavy atom. The Morgan fingerprint density at radius 1 is 1.11 bits per heavy atom. The Morgan fingerprint density at radius 2 is 1.85 bits per heavy atom. The summed E-state index contributed by atoms with van der Waals surface area (Å²) in [4.78, 5) is 35.5. The molecule has 7 heteroatoms. The van der Waals surface area contributed by atoms with Gasteiger partial charge >= 0.3 is 5.97 Å². The van der Waals surface area contributed by atoms with Crippen LogP contribution in [0, 0.1) is 5.82 Å². The van der Waals surface area contributed by atoms with E-state index in [0.717, 1.165) is 16.9 Å².